The van der Waals surface area contributed by atoms with Gasteiger partial charge in [-0.25, -0.2) is 0 Å². The number of rotatable bonds is 1. The highest BCUT2D eigenvalue weighted by molar-refractivity contribution is 7.19. The van der Waals surface area contributed by atoms with E-state index >= 15 is 0 Å². The third-order valence-electron chi connectivity index (χ3n) is 2.70. The van der Waals surface area contributed by atoms with Crippen molar-refractivity contribution >= 4 is 27.2 Å². The largest absolute Gasteiger partial charge is 0.425 e. The molecule has 0 saturated carbocycles. The van der Waals surface area contributed by atoms with Crippen molar-refractivity contribution < 1.29 is 13.2 Å². The number of fused-ring (bicyclic) bond motifs is 1. The summed E-state index contributed by atoms with van der Waals surface area (Å²) in [7, 11) is 0. The van der Waals surface area contributed by atoms with Crippen LogP contribution in [0.25, 0.3) is 21.3 Å². The van der Waals surface area contributed by atoms with Crippen molar-refractivity contribution in [3.8, 4) is 11.3 Å². The van der Waals surface area contributed by atoms with Crippen molar-refractivity contribution in [2.75, 3.05) is 5.73 Å². The number of nitrogens with zero attached hydrogens (tertiary/aromatic N) is 1. The molecule has 0 aliphatic rings. The maximum Gasteiger partial charge on any atom is 0.425 e. The fourth-order valence-electron chi connectivity index (χ4n) is 1.84. The summed E-state index contributed by atoms with van der Waals surface area (Å²) in [5, 5.41) is 7.08. The summed E-state index contributed by atoms with van der Waals surface area (Å²) in [5.74, 6) is 0.344. The molecule has 2 heterocycles. The van der Waals surface area contributed by atoms with Crippen LogP contribution in [0.1, 0.15) is 4.88 Å². The maximum absolute atomic E-state index is 12.6. The molecular formula is C12H8F3N3S. The van der Waals surface area contributed by atoms with E-state index in [1.165, 1.54) is 0 Å². The Balaban J connectivity index is 2.11. The first-order valence-electron chi connectivity index (χ1n) is 5.35. The molecule has 1 aromatic carbocycles. The average Bonchev–Trinajstić information content (AvgIpc) is 2.92. The van der Waals surface area contributed by atoms with Gasteiger partial charge in [0.2, 0.25) is 0 Å². The van der Waals surface area contributed by atoms with Crippen LogP contribution in [0, 0.1) is 0 Å². The molecule has 3 rings (SSSR count). The van der Waals surface area contributed by atoms with E-state index in [-0.39, 0.29) is 0 Å². The van der Waals surface area contributed by atoms with Crippen LogP contribution in [0.4, 0.5) is 19.0 Å². The number of hydrogen-bond acceptors (Lipinski definition) is 3. The van der Waals surface area contributed by atoms with Crippen molar-refractivity contribution in [2.24, 2.45) is 0 Å². The fraction of sp³-hybridized carbons (Fsp3) is 0.0833. The highest BCUT2D eigenvalue weighted by Gasteiger charge is 2.32. The first kappa shape index (κ1) is 12.0. The maximum atomic E-state index is 12.6. The van der Waals surface area contributed by atoms with Gasteiger partial charge in [0.05, 0.1) is 5.69 Å². The van der Waals surface area contributed by atoms with Gasteiger partial charge in [-0.2, -0.15) is 18.3 Å². The monoisotopic (exact) mass is 283 g/mol. The Morgan fingerprint density at radius 1 is 1.16 bits per heavy atom. The Labute approximate surface area is 109 Å². The standard InChI is InChI=1S/C12H8F3N3S/c13-12(14,15)10-4-7-3-6(1-2-9(7)19-10)8-5-11(16)18-17-8/h1-5H,(H3,16,17,18). The second kappa shape index (κ2) is 3.99. The van der Waals surface area contributed by atoms with Crippen LogP contribution < -0.4 is 5.73 Å². The first-order chi connectivity index (χ1) is 8.93. The topological polar surface area (TPSA) is 54.7 Å². The van der Waals surface area contributed by atoms with E-state index in [4.69, 9.17) is 5.73 Å². The van der Waals surface area contributed by atoms with Gasteiger partial charge < -0.3 is 5.73 Å². The van der Waals surface area contributed by atoms with Crippen LogP contribution in [0.5, 0.6) is 0 Å². The third-order valence-corrected chi connectivity index (χ3v) is 3.87. The van der Waals surface area contributed by atoms with Crippen LogP contribution in [-0.2, 0) is 6.18 Å². The number of nitrogens with one attached hydrogen (secondary N) is 1. The molecule has 3 aromatic rings. The summed E-state index contributed by atoms with van der Waals surface area (Å²) < 4.78 is 38.5. The van der Waals surface area contributed by atoms with Crippen molar-refractivity contribution in [3.63, 3.8) is 0 Å². The molecular weight excluding hydrogens is 275 g/mol. The number of anilines is 1. The van der Waals surface area contributed by atoms with E-state index < -0.39 is 11.1 Å². The number of alkyl halides is 3. The van der Waals surface area contributed by atoms with Gasteiger partial charge in [-0.1, -0.05) is 6.07 Å². The molecule has 0 bridgehead atoms. The second-order valence-corrected chi connectivity index (χ2v) is 5.15. The Kier molecular flexibility index (Phi) is 2.53. The van der Waals surface area contributed by atoms with Crippen LogP contribution in [0.15, 0.2) is 30.3 Å². The number of H-pyrrole nitrogens is 1. The summed E-state index contributed by atoms with van der Waals surface area (Å²) >= 11 is 0.738. The lowest BCUT2D eigenvalue weighted by atomic mass is 10.1. The van der Waals surface area contributed by atoms with Gasteiger partial charge in [0.1, 0.15) is 10.7 Å². The Morgan fingerprint density at radius 2 is 1.95 bits per heavy atom. The summed E-state index contributed by atoms with van der Waals surface area (Å²) in [5.41, 5.74) is 6.93. The molecule has 3 nitrogen and oxygen atoms in total. The van der Waals surface area contributed by atoms with Gasteiger partial charge in [0, 0.05) is 16.3 Å². The van der Waals surface area contributed by atoms with E-state index in [9.17, 15) is 13.2 Å². The highest BCUT2D eigenvalue weighted by atomic mass is 32.1. The van der Waals surface area contributed by atoms with Gasteiger partial charge >= 0.3 is 6.18 Å². The Morgan fingerprint density at radius 3 is 2.58 bits per heavy atom. The summed E-state index contributed by atoms with van der Waals surface area (Å²) in [4.78, 5) is -0.594. The van der Waals surface area contributed by atoms with Crippen LogP contribution in [-0.4, -0.2) is 10.2 Å². The molecule has 0 aliphatic heterocycles. The molecule has 0 unspecified atom stereocenters. The number of thiophene rings is 1. The predicted molar refractivity (Wildman–Crippen MR) is 68.8 cm³/mol. The summed E-state index contributed by atoms with van der Waals surface area (Å²) in [6, 6.07) is 7.89. The molecule has 0 atom stereocenters. The average molecular weight is 283 g/mol. The van der Waals surface area contributed by atoms with Crippen LogP contribution >= 0.6 is 11.3 Å². The van der Waals surface area contributed by atoms with E-state index in [0.29, 0.717) is 21.6 Å². The smallest absolute Gasteiger partial charge is 0.382 e. The normalized spacial score (nSPS) is 12.2. The zero-order chi connectivity index (χ0) is 13.6. The van der Waals surface area contributed by atoms with Crippen molar-refractivity contribution in [1.29, 1.82) is 0 Å². The number of hydrogen-bond donors (Lipinski definition) is 2. The minimum Gasteiger partial charge on any atom is -0.382 e. The lowest BCUT2D eigenvalue weighted by Crippen LogP contribution is -2.00. The number of nitrogen functional groups attached to an aromatic ring is 1. The molecule has 7 heteroatoms. The zero-order valence-electron chi connectivity index (χ0n) is 9.45. The lowest BCUT2D eigenvalue weighted by molar-refractivity contribution is -0.134. The van der Waals surface area contributed by atoms with Crippen molar-refractivity contribution in [3.05, 3.63) is 35.2 Å². The molecule has 3 N–H and O–H groups in total. The first-order valence-corrected chi connectivity index (χ1v) is 6.17. The molecule has 0 saturated heterocycles. The number of halogens is 3. The summed E-state index contributed by atoms with van der Waals surface area (Å²) in [6.45, 7) is 0. The molecule has 98 valence electrons. The van der Waals surface area contributed by atoms with Crippen molar-refractivity contribution in [2.45, 2.75) is 6.18 Å². The van der Waals surface area contributed by atoms with E-state index in [1.807, 2.05) is 0 Å². The second-order valence-electron chi connectivity index (χ2n) is 4.07. The zero-order valence-corrected chi connectivity index (χ0v) is 10.3. The number of benzene rings is 1. The van der Waals surface area contributed by atoms with Gasteiger partial charge in [0.15, 0.2) is 0 Å². The van der Waals surface area contributed by atoms with Crippen LogP contribution in [0.3, 0.4) is 0 Å². The molecule has 0 fully saturated rings. The SMILES string of the molecule is Nc1cc(-c2ccc3sc(C(F)(F)F)cc3c2)[nH]n1. The van der Waals surface area contributed by atoms with Crippen molar-refractivity contribution in [1.82, 2.24) is 10.2 Å². The Bertz CT molecular complexity index is 742. The van der Waals surface area contributed by atoms with Gasteiger partial charge in [-0.3, -0.25) is 5.10 Å². The molecule has 2 aromatic heterocycles. The molecule has 0 spiro atoms. The van der Waals surface area contributed by atoms with E-state index in [0.717, 1.165) is 23.0 Å². The molecule has 19 heavy (non-hydrogen) atoms. The minimum absolute atomic E-state index is 0.344. The Hall–Kier alpha value is -2.02. The molecule has 0 amide bonds. The van der Waals surface area contributed by atoms with E-state index in [1.54, 1.807) is 24.3 Å². The minimum atomic E-state index is -4.30. The fourth-order valence-corrected chi connectivity index (χ4v) is 2.75. The molecule has 0 radical (unpaired) electrons. The molecule has 0 aliphatic carbocycles. The predicted octanol–water partition coefficient (Wildman–Crippen LogP) is 3.89. The summed E-state index contributed by atoms with van der Waals surface area (Å²) in [6.07, 6.45) is -4.30. The van der Waals surface area contributed by atoms with Gasteiger partial charge in [0.25, 0.3) is 0 Å². The van der Waals surface area contributed by atoms with Crippen LogP contribution in [0.2, 0.25) is 0 Å². The number of nitrogens with two attached hydrogens (primary N) is 1. The lowest BCUT2D eigenvalue weighted by Gasteiger charge is -1.99. The van der Waals surface area contributed by atoms with Gasteiger partial charge in [-0.15, -0.1) is 11.3 Å². The number of aromatic amines is 1. The highest BCUT2D eigenvalue weighted by Crippen LogP contribution is 2.39. The quantitative estimate of drug-likeness (QED) is 0.711. The number of aromatic nitrogens is 2. The van der Waals surface area contributed by atoms with Gasteiger partial charge in [-0.05, 0) is 23.6 Å². The van der Waals surface area contributed by atoms with E-state index in [2.05, 4.69) is 10.2 Å². The third kappa shape index (κ3) is 2.17.